The van der Waals surface area contributed by atoms with Gasteiger partial charge in [-0.1, -0.05) is 18.2 Å². The lowest BCUT2D eigenvalue weighted by Crippen LogP contribution is -2.09. The van der Waals surface area contributed by atoms with Crippen LogP contribution in [0.2, 0.25) is 0 Å². The summed E-state index contributed by atoms with van der Waals surface area (Å²) in [5, 5.41) is 21.4. The molecule has 0 aliphatic carbocycles. The summed E-state index contributed by atoms with van der Waals surface area (Å²) in [5.41, 5.74) is 0.989. The molecule has 0 aliphatic heterocycles. The fourth-order valence-electron chi connectivity index (χ4n) is 1.73. The van der Waals surface area contributed by atoms with Crippen molar-refractivity contribution in [3.05, 3.63) is 59.7 Å². The van der Waals surface area contributed by atoms with Gasteiger partial charge in [0.2, 0.25) is 5.91 Å². The van der Waals surface area contributed by atoms with Gasteiger partial charge in [-0.05, 0) is 30.3 Å². The van der Waals surface area contributed by atoms with Crippen LogP contribution in [0.15, 0.2) is 48.5 Å². The van der Waals surface area contributed by atoms with Gasteiger partial charge in [0.05, 0.1) is 5.69 Å². The highest BCUT2D eigenvalue weighted by Crippen LogP contribution is 2.20. The molecule has 5 nitrogen and oxygen atoms in total. The molecule has 0 unspecified atom stereocenters. The molecule has 0 fully saturated rings. The molecule has 0 spiro atoms. The fourth-order valence-corrected chi connectivity index (χ4v) is 1.73. The number of aldehydes is 1. The summed E-state index contributed by atoms with van der Waals surface area (Å²) < 4.78 is 0. The number of amides is 1. The van der Waals surface area contributed by atoms with Crippen molar-refractivity contribution in [2.24, 2.45) is 0 Å². The molecule has 5 heteroatoms. The quantitative estimate of drug-likeness (QED) is 0.457. The van der Waals surface area contributed by atoms with E-state index in [1.807, 2.05) is 0 Å². The first kappa shape index (κ1) is 14.3. The number of carbonyl (C=O) groups excluding carboxylic acids is 2. The number of hydrogen-bond acceptors (Lipinski definition) is 4. The van der Waals surface area contributed by atoms with Crippen LogP contribution in [-0.4, -0.2) is 22.4 Å². The summed E-state index contributed by atoms with van der Waals surface area (Å²) in [6.45, 7) is 0. The Morgan fingerprint density at radius 3 is 2.52 bits per heavy atom. The van der Waals surface area contributed by atoms with Gasteiger partial charge in [-0.3, -0.25) is 9.59 Å². The molecule has 0 bridgehead atoms. The molecule has 2 aromatic carbocycles. The largest absolute Gasteiger partial charge is 0.508 e. The van der Waals surface area contributed by atoms with Crippen molar-refractivity contribution in [3.8, 4) is 11.5 Å². The van der Waals surface area contributed by atoms with E-state index in [1.54, 1.807) is 18.2 Å². The van der Waals surface area contributed by atoms with Crippen molar-refractivity contribution in [3.63, 3.8) is 0 Å². The van der Waals surface area contributed by atoms with E-state index in [-0.39, 0.29) is 17.1 Å². The molecule has 3 N–H and O–H groups in total. The first-order valence-corrected chi connectivity index (χ1v) is 6.15. The molecule has 0 aliphatic rings. The van der Waals surface area contributed by atoms with Crippen molar-refractivity contribution in [2.45, 2.75) is 0 Å². The van der Waals surface area contributed by atoms with Crippen molar-refractivity contribution in [2.75, 3.05) is 5.32 Å². The predicted molar refractivity (Wildman–Crippen MR) is 79.3 cm³/mol. The Balaban J connectivity index is 2.12. The number of para-hydroxylation sites is 1. The molecule has 0 atom stereocenters. The molecule has 0 radical (unpaired) electrons. The molecule has 0 aromatic heterocycles. The van der Waals surface area contributed by atoms with Gasteiger partial charge in [-0.2, -0.15) is 0 Å². The predicted octanol–water partition coefficient (Wildman–Crippen LogP) is 2.56. The summed E-state index contributed by atoms with van der Waals surface area (Å²) in [6, 6.07) is 10.7. The van der Waals surface area contributed by atoms with E-state index in [9.17, 15) is 19.8 Å². The third-order valence-corrected chi connectivity index (χ3v) is 2.77. The Morgan fingerprint density at radius 2 is 1.81 bits per heavy atom. The molecule has 1 amide bonds. The van der Waals surface area contributed by atoms with Gasteiger partial charge in [0, 0.05) is 17.2 Å². The van der Waals surface area contributed by atoms with Crippen molar-refractivity contribution in [1.29, 1.82) is 0 Å². The zero-order valence-corrected chi connectivity index (χ0v) is 11.0. The SMILES string of the molecule is O=Cc1cc(O)ccc1NC(=O)/C=C/c1ccccc1O. The minimum Gasteiger partial charge on any atom is -0.508 e. The Labute approximate surface area is 121 Å². The normalized spacial score (nSPS) is 10.5. The highest BCUT2D eigenvalue weighted by Gasteiger charge is 2.05. The average molecular weight is 283 g/mol. The van der Waals surface area contributed by atoms with Crippen LogP contribution in [0.3, 0.4) is 0 Å². The standard InChI is InChI=1S/C16H13NO4/c18-10-12-9-13(19)6-7-14(12)17-16(21)8-5-11-3-1-2-4-15(11)20/h1-10,19-20H,(H,17,21)/b8-5+. The highest BCUT2D eigenvalue weighted by atomic mass is 16.3. The molecule has 106 valence electrons. The van der Waals surface area contributed by atoms with E-state index in [0.29, 0.717) is 17.5 Å². The van der Waals surface area contributed by atoms with Gasteiger partial charge >= 0.3 is 0 Å². The number of carbonyl (C=O) groups is 2. The van der Waals surface area contributed by atoms with Crippen LogP contribution >= 0.6 is 0 Å². The molecule has 0 heterocycles. The van der Waals surface area contributed by atoms with Gasteiger partial charge in [0.1, 0.15) is 11.5 Å². The van der Waals surface area contributed by atoms with Crippen LogP contribution in [0.4, 0.5) is 5.69 Å². The van der Waals surface area contributed by atoms with E-state index in [4.69, 9.17) is 0 Å². The van der Waals surface area contributed by atoms with Gasteiger partial charge in [-0.15, -0.1) is 0 Å². The second-order valence-corrected chi connectivity index (χ2v) is 4.27. The lowest BCUT2D eigenvalue weighted by atomic mass is 10.1. The number of anilines is 1. The van der Waals surface area contributed by atoms with Crippen molar-refractivity contribution >= 4 is 24.0 Å². The summed E-state index contributed by atoms with van der Waals surface area (Å²) in [6.07, 6.45) is 3.25. The van der Waals surface area contributed by atoms with Crippen LogP contribution in [0.1, 0.15) is 15.9 Å². The summed E-state index contributed by atoms with van der Waals surface area (Å²) >= 11 is 0. The van der Waals surface area contributed by atoms with Gasteiger partial charge in [0.15, 0.2) is 6.29 Å². The Morgan fingerprint density at radius 1 is 1.05 bits per heavy atom. The lowest BCUT2D eigenvalue weighted by Gasteiger charge is -2.05. The first-order chi connectivity index (χ1) is 10.1. The van der Waals surface area contributed by atoms with Crippen LogP contribution in [0.5, 0.6) is 11.5 Å². The number of hydrogen-bond donors (Lipinski definition) is 3. The average Bonchev–Trinajstić information content (AvgIpc) is 2.48. The Kier molecular flexibility index (Phi) is 4.36. The summed E-state index contributed by atoms with van der Waals surface area (Å²) in [5.74, 6) is -0.438. The maximum absolute atomic E-state index is 11.8. The van der Waals surface area contributed by atoms with Crippen LogP contribution < -0.4 is 5.32 Å². The minimum absolute atomic E-state index is 0.0557. The Hall–Kier alpha value is -3.08. The highest BCUT2D eigenvalue weighted by molar-refractivity contribution is 6.04. The molecular weight excluding hydrogens is 270 g/mol. The van der Waals surface area contributed by atoms with Crippen molar-refractivity contribution < 1.29 is 19.8 Å². The van der Waals surface area contributed by atoms with E-state index in [1.165, 1.54) is 36.4 Å². The van der Waals surface area contributed by atoms with Crippen LogP contribution in [0, 0.1) is 0 Å². The molecular formula is C16H13NO4. The monoisotopic (exact) mass is 283 g/mol. The van der Waals surface area contributed by atoms with Crippen LogP contribution in [-0.2, 0) is 4.79 Å². The summed E-state index contributed by atoms with van der Waals surface area (Å²) in [7, 11) is 0. The van der Waals surface area contributed by atoms with Gasteiger partial charge < -0.3 is 15.5 Å². The third-order valence-electron chi connectivity index (χ3n) is 2.77. The number of rotatable bonds is 4. The maximum atomic E-state index is 11.8. The second kappa shape index (κ2) is 6.38. The van der Waals surface area contributed by atoms with E-state index < -0.39 is 5.91 Å². The molecule has 0 saturated carbocycles. The number of nitrogens with one attached hydrogen (secondary N) is 1. The third kappa shape index (κ3) is 3.70. The van der Waals surface area contributed by atoms with Crippen LogP contribution in [0.25, 0.3) is 6.08 Å². The molecule has 21 heavy (non-hydrogen) atoms. The number of phenols is 2. The van der Waals surface area contributed by atoms with Crippen molar-refractivity contribution in [1.82, 2.24) is 0 Å². The zero-order chi connectivity index (χ0) is 15.2. The van der Waals surface area contributed by atoms with E-state index >= 15 is 0 Å². The maximum Gasteiger partial charge on any atom is 0.248 e. The van der Waals surface area contributed by atoms with Gasteiger partial charge in [0.25, 0.3) is 0 Å². The molecule has 0 saturated heterocycles. The number of aromatic hydroxyl groups is 2. The molecule has 2 aromatic rings. The minimum atomic E-state index is -0.452. The summed E-state index contributed by atoms with van der Waals surface area (Å²) in [4.78, 5) is 22.7. The Bertz CT molecular complexity index is 707. The number of benzene rings is 2. The van der Waals surface area contributed by atoms with E-state index in [0.717, 1.165) is 0 Å². The van der Waals surface area contributed by atoms with Gasteiger partial charge in [-0.25, -0.2) is 0 Å². The topological polar surface area (TPSA) is 86.6 Å². The fraction of sp³-hybridized carbons (Fsp3) is 0. The van der Waals surface area contributed by atoms with E-state index in [2.05, 4.69) is 5.32 Å². The smallest absolute Gasteiger partial charge is 0.248 e. The first-order valence-electron chi connectivity index (χ1n) is 6.15. The zero-order valence-electron chi connectivity index (χ0n) is 11.0. The lowest BCUT2D eigenvalue weighted by molar-refractivity contribution is -0.111. The second-order valence-electron chi connectivity index (χ2n) is 4.27. The molecule has 2 rings (SSSR count). The number of phenolic OH excluding ortho intramolecular Hbond substituents is 2.